The molecule has 0 N–H and O–H groups in total. The largest absolute Gasteiger partial charge is 0.472 e. The molecule has 3 nitrogen and oxygen atoms in total. The first-order valence-corrected chi connectivity index (χ1v) is 9.89. The van der Waals surface area contributed by atoms with E-state index in [9.17, 15) is 0 Å². The van der Waals surface area contributed by atoms with Crippen molar-refractivity contribution in [3.8, 4) is 5.75 Å². The van der Waals surface area contributed by atoms with Gasteiger partial charge in [-0.1, -0.05) is 67.4 Å². The Morgan fingerprint density at radius 3 is 2.54 bits per heavy atom. The summed E-state index contributed by atoms with van der Waals surface area (Å²) in [4.78, 5) is 4.86. The molecule has 0 aliphatic carbocycles. The Morgan fingerprint density at radius 1 is 1.08 bits per heavy atom. The molecule has 1 aliphatic rings. The maximum Gasteiger partial charge on any atom is 0.165 e. The van der Waals surface area contributed by atoms with Crippen LogP contribution in [0.4, 0.5) is 0 Å². The Kier molecular flexibility index (Phi) is 6.82. The van der Waals surface area contributed by atoms with Crippen molar-refractivity contribution in [3.63, 3.8) is 0 Å². The molecule has 1 atom stereocenters. The molecule has 1 unspecified atom stereocenters. The van der Waals surface area contributed by atoms with Crippen molar-refractivity contribution in [1.29, 1.82) is 0 Å². The summed E-state index contributed by atoms with van der Waals surface area (Å²) in [5, 5.41) is 1.18. The summed E-state index contributed by atoms with van der Waals surface area (Å²) in [6.45, 7) is 9.29. The molecular weight excluding hydrogens is 367 g/mol. The van der Waals surface area contributed by atoms with Crippen molar-refractivity contribution in [2.45, 2.75) is 26.6 Å². The molecule has 0 spiro atoms. The van der Waals surface area contributed by atoms with Gasteiger partial charge in [0, 0.05) is 37.7 Å². The van der Waals surface area contributed by atoms with Gasteiger partial charge in [0.25, 0.3) is 0 Å². The van der Waals surface area contributed by atoms with Gasteiger partial charge < -0.3 is 4.74 Å². The van der Waals surface area contributed by atoms with E-state index in [1.54, 1.807) is 6.07 Å². The predicted octanol–water partition coefficient (Wildman–Crippen LogP) is 5.17. The molecule has 0 radical (unpaired) electrons. The fraction of sp³-hybridized carbons (Fsp3) is 0.429. The van der Waals surface area contributed by atoms with Crippen LogP contribution in [0.1, 0.15) is 19.4 Å². The first kappa shape index (κ1) is 19.5. The van der Waals surface area contributed by atoms with Crippen molar-refractivity contribution < 1.29 is 4.74 Å². The van der Waals surface area contributed by atoms with Gasteiger partial charge in [0.15, 0.2) is 6.23 Å². The number of ether oxygens (including phenoxy) is 1. The van der Waals surface area contributed by atoms with Crippen molar-refractivity contribution in [1.82, 2.24) is 9.80 Å². The molecule has 1 heterocycles. The van der Waals surface area contributed by atoms with E-state index in [1.807, 2.05) is 12.1 Å². The van der Waals surface area contributed by atoms with Crippen molar-refractivity contribution in [2.24, 2.45) is 5.92 Å². The van der Waals surface area contributed by atoms with E-state index < -0.39 is 0 Å². The van der Waals surface area contributed by atoms with E-state index >= 15 is 0 Å². The van der Waals surface area contributed by atoms with Gasteiger partial charge in [0.05, 0.1) is 5.02 Å². The molecule has 1 fully saturated rings. The highest BCUT2D eigenvalue weighted by molar-refractivity contribution is 6.35. The zero-order valence-electron chi connectivity index (χ0n) is 15.4. The van der Waals surface area contributed by atoms with Gasteiger partial charge in [-0.25, -0.2) is 0 Å². The van der Waals surface area contributed by atoms with Crippen LogP contribution in [-0.4, -0.2) is 42.2 Å². The molecule has 0 aromatic heterocycles. The molecule has 0 saturated carbocycles. The van der Waals surface area contributed by atoms with Gasteiger partial charge in [-0.2, -0.15) is 0 Å². The number of piperazine rings is 1. The quantitative estimate of drug-likeness (QED) is 0.673. The fourth-order valence-electron chi connectivity index (χ4n) is 3.33. The number of halogens is 2. The summed E-state index contributed by atoms with van der Waals surface area (Å²) in [5.74, 6) is 1.28. The minimum absolute atomic E-state index is 0.0199. The smallest absolute Gasteiger partial charge is 0.165 e. The molecular formula is C21H26Cl2N2O. The van der Waals surface area contributed by atoms with Gasteiger partial charge in [-0.3, -0.25) is 9.80 Å². The van der Waals surface area contributed by atoms with Crippen LogP contribution >= 0.6 is 23.2 Å². The molecule has 3 rings (SSSR count). The number of benzene rings is 2. The third kappa shape index (κ3) is 5.37. The molecule has 2 aromatic rings. The SMILES string of the molecule is CC(C)CN1CCN(Cc2ccccc2)CC1Oc1ccc(Cl)cc1Cl. The average molecular weight is 393 g/mol. The Bertz CT molecular complexity index is 708. The van der Waals surface area contributed by atoms with Gasteiger partial charge in [0.1, 0.15) is 5.75 Å². The Hall–Kier alpha value is -1.26. The van der Waals surface area contributed by atoms with Gasteiger partial charge >= 0.3 is 0 Å². The molecule has 26 heavy (non-hydrogen) atoms. The van der Waals surface area contributed by atoms with Crippen molar-refractivity contribution in [3.05, 3.63) is 64.1 Å². The fourth-order valence-corrected chi connectivity index (χ4v) is 3.79. The lowest BCUT2D eigenvalue weighted by Crippen LogP contribution is -2.56. The van der Waals surface area contributed by atoms with Gasteiger partial charge in [0.2, 0.25) is 0 Å². The monoisotopic (exact) mass is 392 g/mol. The number of hydrogen-bond acceptors (Lipinski definition) is 3. The summed E-state index contributed by atoms with van der Waals surface area (Å²) < 4.78 is 6.32. The van der Waals surface area contributed by atoms with Gasteiger partial charge in [-0.05, 0) is 29.7 Å². The summed E-state index contributed by atoms with van der Waals surface area (Å²) in [5.41, 5.74) is 1.33. The molecule has 0 bridgehead atoms. The zero-order valence-corrected chi connectivity index (χ0v) is 16.9. The topological polar surface area (TPSA) is 15.7 Å². The molecule has 140 valence electrons. The Morgan fingerprint density at radius 2 is 1.85 bits per heavy atom. The number of rotatable bonds is 6. The van der Waals surface area contributed by atoms with Crippen LogP contribution in [0.25, 0.3) is 0 Å². The maximum absolute atomic E-state index is 6.33. The van der Waals surface area contributed by atoms with Crippen LogP contribution in [0.5, 0.6) is 5.75 Å². The third-order valence-electron chi connectivity index (χ3n) is 4.53. The summed E-state index contributed by atoms with van der Waals surface area (Å²) >= 11 is 12.3. The van der Waals surface area contributed by atoms with Crippen LogP contribution in [0.2, 0.25) is 10.0 Å². The van der Waals surface area contributed by atoms with Crippen LogP contribution in [-0.2, 0) is 6.54 Å². The lowest BCUT2D eigenvalue weighted by atomic mass is 10.1. The van der Waals surface area contributed by atoms with Crippen molar-refractivity contribution >= 4 is 23.2 Å². The number of hydrogen-bond donors (Lipinski definition) is 0. The highest BCUT2D eigenvalue weighted by atomic mass is 35.5. The van der Waals surface area contributed by atoms with E-state index in [2.05, 4.69) is 54.0 Å². The maximum atomic E-state index is 6.33. The van der Waals surface area contributed by atoms with Crippen molar-refractivity contribution in [2.75, 3.05) is 26.2 Å². The highest BCUT2D eigenvalue weighted by Gasteiger charge is 2.29. The lowest BCUT2D eigenvalue weighted by molar-refractivity contribution is -0.0463. The van der Waals surface area contributed by atoms with Gasteiger partial charge in [-0.15, -0.1) is 0 Å². The second kappa shape index (κ2) is 9.09. The van der Waals surface area contributed by atoms with E-state index in [0.717, 1.165) is 32.7 Å². The number of nitrogens with zero attached hydrogens (tertiary/aromatic N) is 2. The predicted molar refractivity (Wildman–Crippen MR) is 109 cm³/mol. The Labute approximate surface area is 166 Å². The minimum Gasteiger partial charge on any atom is -0.472 e. The van der Waals surface area contributed by atoms with Crippen LogP contribution < -0.4 is 4.74 Å². The second-order valence-corrected chi connectivity index (χ2v) is 8.10. The third-order valence-corrected chi connectivity index (χ3v) is 5.06. The van der Waals surface area contributed by atoms with E-state index in [0.29, 0.717) is 21.7 Å². The van der Waals surface area contributed by atoms with E-state index in [1.165, 1.54) is 5.56 Å². The molecule has 1 saturated heterocycles. The van der Waals surface area contributed by atoms with E-state index in [4.69, 9.17) is 27.9 Å². The molecule has 2 aromatic carbocycles. The summed E-state index contributed by atoms with van der Waals surface area (Å²) in [6, 6.07) is 16.0. The molecule has 0 amide bonds. The minimum atomic E-state index is -0.0199. The molecule has 1 aliphatic heterocycles. The summed E-state index contributed by atoms with van der Waals surface area (Å²) in [6.07, 6.45) is -0.0199. The van der Waals surface area contributed by atoms with Crippen LogP contribution in [0.3, 0.4) is 0 Å². The molecule has 5 heteroatoms. The first-order chi connectivity index (χ1) is 12.5. The van der Waals surface area contributed by atoms with Crippen LogP contribution in [0, 0.1) is 5.92 Å². The highest BCUT2D eigenvalue weighted by Crippen LogP contribution is 2.29. The average Bonchev–Trinajstić information content (AvgIpc) is 2.60. The zero-order chi connectivity index (χ0) is 18.5. The standard InChI is InChI=1S/C21H26Cl2N2O/c1-16(2)13-25-11-10-24(14-17-6-4-3-5-7-17)15-21(25)26-20-9-8-18(22)12-19(20)23/h3-9,12,16,21H,10-11,13-15H2,1-2H3. The van der Waals surface area contributed by atoms with E-state index in [-0.39, 0.29) is 6.23 Å². The normalized spacial score (nSPS) is 19.0. The second-order valence-electron chi connectivity index (χ2n) is 7.26. The first-order valence-electron chi connectivity index (χ1n) is 9.13. The lowest BCUT2D eigenvalue weighted by Gasteiger charge is -2.42. The van der Waals surface area contributed by atoms with Crippen LogP contribution in [0.15, 0.2) is 48.5 Å². The summed E-state index contributed by atoms with van der Waals surface area (Å²) in [7, 11) is 0. The Balaban J connectivity index is 1.72.